The van der Waals surface area contributed by atoms with Gasteiger partial charge in [-0.05, 0) is 43.4 Å². The molecule has 0 radical (unpaired) electrons. The molecule has 5 rings (SSSR count). The Kier molecular flexibility index (Phi) is 5.85. The molecule has 37 heavy (non-hydrogen) atoms. The lowest BCUT2D eigenvalue weighted by Gasteiger charge is -2.24. The zero-order chi connectivity index (χ0) is 26.5. The number of nitrogens with one attached hydrogen (secondary N) is 2. The van der Waals surface area contributed by atoms with E-state index in [1.165, 1.54) is 10.8 Å². The molecule has 1 atom stereocenters. The maximum absolute atomic E-state index is 13.6. The second-order valence-electron chi connectivity index (χ2n) is 10.4. The molecule has 1 aliphatic rings. The van der Waals surface area contributed by atoms with E-state index in [9.17, 15) is 19.2 Å². The maximum atomic E-state index is 13.6. The van der Waals surface area contributed by atoms with Crippen LogP contribution < -0.4 is 16.2 Å². The van der Waals surface area contributed by atoms with Crippen LogP contribution in [-0.2, 0) is 16.0 Å². The van der Waals surface area contributed by atoms with E-state index in [-0.39, 0.29) is 40.8 Å². The van der Waals surface area contributed by atoms with Crippen LogP contribution in [0, 0.1) is 12.3 Å². The molecule has 0 saturated carbocycles. The molecule has 1 unspecified atom stereocenters. The van der Waals surface area contributed by atoms with Crippen molar-refractivity contribution in [3.05, 3.63) is 57.9 Å². The number of amides is 3. The van der Waals surface area contributed by atoms with Crippen molar-refractivity contribution in [2.24, 2.45) is 5.41 Å². The number of hydrogen-bond donors (Lipinski definition) is 2. The van der Waals surface area contributed by atoms with Crippen molar-refractivity contribution in [1.29, 1.82) is 0 Å². The highest BCUT2D eigenvalue weighted by Crippen LogP contribution is 2.27. The molecule has 0 bridgehead atoms. The van der Waals surface area contributed by atoms with E-state index in [1.807, 2.05) is 0 Å². The second kappa shape index (κ2) is 8.91. The van der Waals surface area contributed by atoms with Gasteiger partial charge in [0.15, 0.2) is 0 Å². The van der Waals surface area contributed by atoms with Gasteiger partial charge in [0.1, 0.15) is 11.9 Å². The smallest absolute Gasteiger partial charge is 0.264 e. The summed E-state index contributed by atoms with van der Waals surface area (Å²) < 4.78 is 6.60. The molecule has 0 spiro atoms. The van der Waals surface area contributed by atoms with Crippen molar-refractivity contribution in [3.63, 3.8) is 0 Å². The molecule has 3 aromatic heterocycles. The summed E-state index contributed by atoms with van der Waals surface area (Å²) in [4.78, 5) is 59.7. The predicted molar refractivity (Wildman–Crippen MR) is 135 cm³/mol. The Balaban J connectivity index is 1.53. The van der Waals surface area contributed by atoms with Crippen LogP contribution in [0.15, 0.2) is 39.8 Å². The summed E-state index contributed by atoms with van der Waals surface area (Å²) in [5.74, 6) is -1.07. The Morgan fingerprint density at radius 2 is 2.03 bits per heavy atom. The molecule has 190 valence electrons. The van der Waals surface area contributed by atoms with Gasteiger partial charge in [0, 0.05) is 12.6 Å². The number of aromatic nitrogens is 4. The molecule has 11 heteroatoms. The first kappa shape index (κ1) is 24.3. The minimum absolute atomic E-state index is 0.0431. The van der Waals surface area contributed by atoms with Crippen molar-refractivity contribution in [1.82, 2.24) is 25.0 Å². The molecule has 1 fully saturated rings. The average Bonchev–Trinajstić information content (AvgIpc) is 3.20. The quantitative estimate of drug-likeness (QED) is 0.404. The molecule has 4 heterocycles. The number of benzene rings is 1. The summed E-state index contributed by atoms with van der Waals surface area (Å²) in [5, 5.41) is 10.0. The third-order valence-electron chi connectivity index (χ3n) is 6.24. The van der Waals surface area contributed by atoms with Crippen molar-refractivity contribution >= 4 is 45.4 Å². The fourth-order valence-electron chi connectivity index (χ4n) is 4.58. The van der Waals surface area contributed by atoms with Crippen molar-refractivity contribution in [3.8, 4) is 0 Å². The van der Waals surface area contributed by atoms with Crippen molar-refractivity contribution in [2.75, 3.05) is 5.32 Å². The average molecular weight is 503 g/mol. The molecule has 1 aliphatic heterocycles. The molecule has 0 aliphatic carbocycles. The van der Waals surface area contributed by atoms with Gasteiger partial charge in [-0.25, -0.2) is 9.97 Å². The zero-order valence-corrected chi connectivity index (χ0v) is 20.9. The number of anilines is 1. The van der Waals surface area contributed by atoms with Gasteiger partial charge >= 0.3 is 0 Å². The van der Waals surface area contributed by atoms with E-state index in [0.717, 1.165) is 0 Å². The van der Waals surface area contributed by atoms with Gasteiger partial charge in [0.25, 0.3) is 17.2 Å². The Bertz CT molecular complexity index is 1650. The van der Waals surface area contributed by atoms with Crippen LogP contribution >= 0.6 is 0 Å². The van der Waals surface area contributed by atoms with Gasteiger partial charge in [-0.15, -0.1) is 0 Å². The normalized spacial score (nSPS) is 16.3. The number of nitrogens with zero attached hydrogens (tertiary/aromatic N) is 4. The Hall–Kier alpha value is -4.41. The molecular formula is C26H26N6O5. The third-order valence-corrected chi connectivity index (χ3v) is 6.24. The van der Waals surface area contributed by atoms with E-state index in [4.69, 9.17) is 4.52 Å². The zero-order valence-electron chi connectivity index (χ0n) is 20.9. The van der Waals surface area contributed by atoms with Crippen LogP contribution in [0.1, 0.15) is 61.5 Å². The fraction of sp³-hybridized carbons (Fsp3) is 0.346. The molecule has 3 amide bonds. The number of carbonyl (C=O) groups is 3. The number of fused-ring (bicyclic) bond motifs is 2. The molecule has 2 N–H and O–H groups in total. The van der Waals surface area contributed by atoms with Gasteiger partial charge in [0.2, 0.25) is 11.8 Å². The van der Waals surface area contributed by atoms with E-state index in [0.29, 0.717) is 34.6 Å². The number of pyridine rings is 1. The number of hydrogen-bond acceptors (Lipinski definition) is 8. The second-order valence-corrected chi connectivity index (χ2v) is 10.4. The lowest BCUT2D eigenvalue weighted by Crippen LogP contribution is -2.45. The van der Waals surface area contributed by atoms with Gasteiger partial charge < -0.3 is 9.84 Å². The molecule has 1 aromatic carbocycles. The topological polar surface area (TPSA) is 149 Å². The molecule has 1 saturated heterocycles. The van der Waals surface area contributed by atoms with Crippen LogP contribution in [0.3, 0.4) is 0 Å². The number of rotatable bonds is 4. The highest BCUT2D eigenvalue weighted by atomic mass is 16.5. The van der Waals surface area contributed by atoms with Gasteiger partial charge in [-0.3, -0.25) is 29.1 Å². The lowest BCUT2D eigenvalue weighted by molar-refractivity contribution is -0.135. The Morgan fingerprint density at radius 1 is 1.24 bits per heavy atom. The monoisotopic (exact) mass is 502 g/mol. The van der Waals surface area contributed by atoms with Gasteiger partial charge in [-0.2, -0.15) is 0 Å². The van der Waals surface area contributed by atoms with Crippen LogP contribution in [0.2, 0.25) is 0 Å². The molecular weight excluding hydrogens is 476 g/mol. The molecule has 11 nitrogen and oxygen atoms in total. The van der Waals surface area contributed by atoms with Crippen molar-refractivity contribution < 1.29 is 18.9 Å². The van der Waals surface area contributed by atoms with E-state index in [2.05, 4.69) is 46.5 Å². The first-order valence-corrected chi connectivity index (χ1v) is 11.9. The Morgan fingerprint density at radius 3 is 2.76 bits per heavy atom. The summed E-state index contributed by atoms with van der Waals surface area (Å²) in [6, 6.07) is 5.75. The minimum Gasteiger partial charge on any atom is -0.336 e. The first-order valence-electron chi connectivity index (χ1n) is 11.9. The number of aryl methyl sites for hydroxylation is 1. The summed E-state index contributed by atoms with van der Waals surface area (Å²) in [7, 11) is 0. The SMILES string of the molecule is Cc1nc2cccc(NC(=O)c3cnc4onc(CC(C)(C)C)c4c3)c2c(=O)n1C1CCC(=O)NC1=O. The third kappa shape index (κ3) is 4.59. The van der Waals surface area contributed by atoms with Crippen molar-refractivity contribution in [2.45, 2.75) is 53.0 Å². The summed E-state index contributed by atoms with van der Waals surface area (Å²) in [6.45, 7) is 7.87. The van der Waals surface area contributed by atoms with E-state index >= 15 is 0 Å². The number of piperidine rings is 1. The standard InChI is InChI=1S/C26H26N6O5/c1-13-28-16-6-5-7-17(21(16)25(36)32(13)19-8-9-20(33)30-23(19)35)29-22(34)14-10-15-18(11-26(2,3)4)31-37-24(15)27-12-14/h5-7,10,12,19H,8-9,11H2,1-4H3,(H,29,34)(H,30,33,35). The van der Waals surface area contributed by atoms with Gasteiger partial charge in [0.05, 0.1) is 33.2 Å². The minimum atomic E-state index is -0.868. The van der Waals surface area contributed by atoms with E-state index in [1.54, 1.807) is 31.2 Å². The number of carbonyl (C=O) groups excluding carboxylic acids is 3. The van der Waals surface area contributed by atoms with Crippen LogP contribution in [-0.4, -0.2) is 37.4 Å². The van der Waals surface area contributed by atoms with Crippen LogP contribution in [0.5, 0.6) is 0 Å². The summed E-state index contributed by atoms with van der Waals surface area (Å²) >= 11 is 0. The molecule has 4 aromatic rings. The summed E-state index contributed by atoms with van der Waals surface area (Å²) in [5.41, 5.74) is 1.43. The van der Waals surface area contributed by atoms with Gasteiger partial charge in [-0.1, -0.05) is 32.0 Å². The highest BCUT2D eigenvalue weighted by Gasteiger charge is 2.31. The number of imide groups is 1. The maximum Gasteiger partial charge on any atom is 0.264 e. The lowest BCUT2D eigenvalue weighted by atomic mass is 9.90. The highest BCUT2D eigenvalue weighted by molar-refractivity contribution is 6.09. The summed E-state index contributed by atoms with van der Waals surface area (Å²) in [6.07, 6.45) is 2.34. The predicted octanol–water partition coefficient (Wildman–Crippen LogP) is 3.06. The van der Waals surface area contributed by atoms with Crippen LogP contribution in [0.4, 0.5) is 5.69 Å². The van der Waals surface area contributed by atoms with E-state index < -0.39 is 23.4 Å². The van der Waals surface area contributed by atoms with Crippen LogP contribution in [0.25, 0.3) is 22.0 Å². The fourth-order valence-corrected chi connectivity index (χ4v) is 4.58. The largest absolute Gasteiger partial charge is 0.336 e. The Labute approximate surface area is 211 Å². The first-order chi connectivity index (χ1) is 17.5.